The molecule has 0 saturated heterocycles. The lowest BCUT2D eigenvalue weighted by Gasteiger charge is -2.28. The van der Waals surface area contributed by atoms with Gasteiger partial charge in [-0.25, -0.2) is 4.79 Å². The molecular weight excluding hydrogens is 518 g/mol. The summed E-state index contributed by atoms with van der Waals surface area (Å²) in [6.45, 7) is 3.45. The molecular formula is C29H37N3O6S. The molecule has 1 heterocycles. The quantitative estimate of drug-likeness (QED) is 0.306. The molecule has 3 amide bonds. The topological polar surface area (TPSA) is 89.6 Å². The van der Waals surface area contributed by atoms with Crippen molar-refractivity contribution >= 4 is 29.0 Å². The van der Waals surface area contributed by atoms with E-state index in [0.29, 0.717) is 49.1 Å². The lowest BCUT2D eigenvalue weighted by Crippen LogP contribution is -2.46. The number of rotatable bonds is 14. The second kappa shape index (κ2) is 15.0. The van der Waals surface area contributed by atoms with Crippen molar-refractivity contribution in [2.24, 2.45) is 0 Å². The molecule has 39 heavy (non-hydrogen) atoms. The van der Waals surface area contributed by atoms with Crippen molar-refractivity contribution in [3.05, 3.63) is 69.9 Å². The van der Waals surface area contributed by atoms with Gasteiger partial charge in [0.25, 0.3) is 0 Å². The predicted octanol–water partition coefficient (Wildman–Crippen LogP) is 4.83. The molecule has 3 rings (SSSR count). The number of carbonyl (C=O) groups excluding carboxylic acids is 2. The van der Waals surface area contributed by atoms with Crippen molar-refractivity contribution in [3.63, 3.8) is 0 Å². The SMILES string of the molecule is COCCN(CC(=O)N(CCc1ccc(OC)c(OC)c1)Cc1ccc(C)s1)C(=O)Nc1cccc(OC)c1. The molecule has 1 aromatic heterocycles. The fourth-order valence-corrected chi connectivity index (χ4v) is 4.88. The zero-order valence-electron chi connectivity index (χ0n) is 23.2. The molecule has 0 aliphatic rings. The van der Waals surface area contributed by atoms with E-state index in [2.05, 4.69) is 5.32 Å². The third-order valence-electron chi connectivity index (χ3n) is 6.11. The van der Waals surface area contributed by atoms with Crippen LogP contribution in [-0.4, -0.2) is 76.4 Å². The van der Waals surface area contributed by atoms with Gasteiger partial charge in [-0.15, -0.1) is 11.3 Å². The number of carbonyl (C=O) groups is 2. The van der Waals surface area contributed by atoms with Crippen LogP contribution in [0.4, 0.5) is 10.5 Å². The maximum absolute atomic E-state index is 13.6. The van der Waals surface area contributed by atoms with Crippen LogP contribution in [-0.2, 0) is 22.5 Å². The van der Waals surface area contributed by atoms with Crippen LogP contribution < -0.4 is 19.5 Å². The second-order valence-corrected chi connectivity index (χ2v) is 10.2. The summed E-state index contributed by atoms with van der Waals surface area (Å²) in [7, 11) is 6.33. The Labute approximate surface area is 234 Å². The van der Waals surface area contributed by atoms with E-state index >= 15 is 0 Å². The molecule has 0 radical (unpaired) electrons. The van der Waals surface area contributed by atoms with E-state index in [1.165, 1.54) is 9.78 Å². The van der Waals surface area contributed by atoms with Gasteiger partial charge in [-0.3, -0.25) is 4.79 Å². The summed E-state index contributed by atoms with van der Waals surface area (Å²) in [5, 5.41) is 2.86. The summed E-state index contributed by atoms with van der Waals surface area (Å²) >= 11 is 1.66. The molecule has 10 heteroatoms. The van der Waals surface area contributed by atoms with Crippen molar-refractivity contribution in [1.82, 2.24) is 9.80 Å². The van der Waals surface area contributed by atoms with Gasteiger partial charge in [0.05, 0.1) is 34.5 Å². The van der Waals surface area contributed by atoms with E-state index in [-0.39, 0.29) is 25.0 Å². The molecule has 2 aromatic carbocycles. The third kappa shape index (κ3) is 8.90. The van der Waals surface area contributed by atoms with Gasteiger partial charge in [-0.1, -0.05) is 12.1 Å². The first kappa shape index (κ1) is 29.8. The van der Waals surface area contributed by atoms with Crippen LogP contribution in [0.15, 0.2) is 54.6 Å². The average molecular weight is 556 g/mol. The van der Waals surface area contributed by atoms with Gasteiger partial charge in [-0.2, -0.15) is 0 Å². The maximum Gasteiger partial charge on any atom is 0.322 e. The van der Waals surface area contributed by atoms with Crippen molar-refractivity contribution < 1.29 is 28.5 Å². The minimum atomic E-state index is -0.388. The maximum atomic E-state index is 13.6. The fraction of sp³-hybridized carbons (Fsp3) is 0.379. The Kier molecular flexibility index (Phi) is 11.4. The summed E-state index contributed by atoms with van der Waals surface area (Å²) in [6.07, 6.45) is 0.616. The fourth-order valence-electron chi connectivity index (χ4n) is 3.97. The van der Waals surface area contributed by atoms with Crippen LogP contribution in [0.2, 0.25) is 0 Å². The Morgan fingerprint density at radius 3 is 2.33 bits per heavy atom. The number of amides is 3. The number of thiophene rings is 1. The Hall–Kier alpha value is -3.76. The number of ether oxygens (including phenoxy) is 4. The number of hydrogen-bond donors (Lipinski definition) is 1. The van der Waals surface area contributed by atoms with Gasteiger partial charge in [0.2, 0.25) is 5.91 Å². The van der Waals surface area contributed by atoms with E-state index in [1.807, 2.05) is 37.3 Å². The van der Waals surface area contributed by atoms with E-state index in [0.717, 1.165) is 10.4 Å². The normalized spacial score (nSPS) is 10.6. The highest BCUT2D eigenvalue weighted by molar-refractivity contribution is 7.11. The van der Waals surface area contributed by atoms with Crippen LogP contribution in [0.1, 0.15) is 15.3 Å². The molecule has 0 aliphatic heterocycles. The van der Waals surface area contributed by atoms with Gasteiger partial charge in [0.1, 0.15) is 12.3 Å². The lowest BCUT2D eigenvalue weighted by atomic mass is 10.1. The van der Waals surface area contributed by atoms with E-state index in [1.54, 1.807) is 68.9 Å². The molecule has 0 spiro atoms. The van der Waals surface area contributed by atoms with Gasteiger partial charge >= 0.3 is 6.03 Å². The summed E-state index contributed by atoms with van der Waals surface area (Å²) < 4.78 is 21.2. The second-order valence-electron chi connectivity index (χ2n) is 8.84. The van der Waals surface area contributed by atoms with Crippen LogP contribution >= 0.6 is 11.3 Å². The van der Waals surface area contributed by atoms with Gasteiger partial charge in [0, 0.05) is 41.7 Å². The largest absolute Gasteiger partial charge is 0.497 e. The number of benzene rings is 2. The Balaban J connectivity index is 1.76. The number of nitrogens with zero attached hydrogens (tertiary/aromatic N) is 2. The van der Waals surface area contributed by atoms with E-state index in [4.69, 9.17) is 18.9 Å². The molecule has 3 aromatic rings. The summed E-state index contributed by atoms with van der Waals surface area (Å²) in [5.41, 5.74) is 1.59. The number of anilines is 1. The molecule has 0 aliphatic carbocycles. The van der Waals surface area contributed by atoms with Crippen molar-refractivity contribution in [2.45, 2.75) is 19.9 Å². The van der Waals surface area contributed by atoms with Crippen molar-refractivity contribution in [2.75, 3.05) is 60.0 Å². The first-order valence-corrected chi connectivity index (χ1v) is 13.4. The summed E-state index contributed by atoms with van der Waals surface area (Å²) in [5.74, 6) is 1.76. The molecule has 1 N–H and O–H groups in total. The van der Waals surface area contributed by atoms with Crippen LogP contribution in [0.3, 0.4) is 0 Å². The van der Waals surface area contributed by atoms with Crippen LogP contribution in [0.5, 0.6) is 17.2 Å². The Morgan fingerprint density at radius 1 is 0.872 bits per heavy atom. The number of urea groups is 1. The minimum Gasteiger partial charge on any atom is -0.497 e. The lowest BCUT2D eigenvalue weighted by molar-refractivity contribution is -0.132. The van der Waals surface area contributed by atoms with E-state index in [9.17, 15) is 9.59 Å². The number of nitrogens with one attached hydrogen (secondary N) is 1. The highest BCUT2D eigenvalue weighted by Gasteiger charge is 2.22. The van der Waals surface area contributed by atoms with E-state index < -0.39 is 0 Å². The van der Waals surface area contributed by atoms with Gasteiger partial charge in [-0.05, 0) is 55.3 Å². The smallest absolute Gasteiger partial charge is 0.322 e. The first-order valence-electron chi connectivity index (χ1n) is 12.6. The highest BCUT2D eigenvalue weighted by Crippen LogP contribution is 2.28. The molecule has 0 saturated carbocycles. The standard InChI is InChI=1S/C29H37N3O6S/c1-21-9-11-25(39-21)19-31(14-13-22-10-12-26(37-4)27(17-22)38-5)28(33)20-32(15-16-35-2)29(34)30-23-7-6-8-24(18-23)36-3/h6-12,17-18H,13-16,19-20H2,1-5H3,(H,30,34). The summed E-state index contributed by atoms with van der Waals surface area (Å²) in [6, 6.07) is 16.5. The minimum absolute atomic E-state index is 0.0878. The molecule has 0 unspecified atom stereocenters. The molecule has 0 bridgehead atoms. The molecule has 0 fully saturated rings. The highest BCUT2D eigenvalue weighted by atomic mass is 32.1. The molecule has 9 nitrogen and oxygen atoms in total. The summed E-state index contributed by atoms with van der Waals surface area (Å²) in [4.78, 5) is 32.3. The van der Waals surface area contributed by atoms with Crippen LogP contribution in [0.25, 0.3) is 0 Å². The van der Waals surface area contributed by atoms with Gasteiger partial charge in [0.15, 0.2) is 11.5 Å². The molecule has 0 atom stereocenters. The Morgan fingerprint density at radius 2 is 1.67 bits per heavy atom. The van der Waals surface area contributed by atoms with Gasteiger partial charge < -0.3 is 34.1 Å². The van der Waals surface area contributed by atoms with Crippen molar-refractivity contribution in [3.8, 4) is 17.2 Å². The first-order chi connectivity index (χ1) is 18.9. The number of aryl methyl sites for hydroxylation is 1. The zero-order chi connectivity index (χ0) is 28.2. The predicted molar refractivity (Wildman–Crippen MR) is 153 cm³/mol. The third-order valence-corrected chi connectivity index (χ3v) is 7.10. The zero-order valence-corrected chi connectivity index (χ0v) is 24.0. The number of methoxy groups -OCH3 is 4. The van der Waals surface area contributed by atoms with Crippen molar-refractivity contribution in [1.29, 1.82) is 0 Å². The number of hydrogen-bond acceptors (Lipinski definition) is 7. The monoisotopic (exact) mass is 555 g/mol. The average Bonchev–Trinajstić information content (AvgIpc) is 3.37. The Bertz CT molecular complexity index is 1230. The van der Waals surface area contributed by atoms with Crippen LogP contribution in [0, 0.1) is 6.92 Å². The molecule has 210 valence electrons.